The minimum absolute atomic E-state index is 0. The summed E-state index contributed by atoms with van der Waals surface area (Å²) in [6.45, 7) is 2.31. The molecule has 6 nitrogen and oxygen atoms in total. The van der Waals surface area contributed by atoms with Crippen LogP contribution in [0, 0.1) is 0 Å². The van der Waals surface area contributed by atoms with Gasteiger partial charge in [0, 0.05) is 6.20 Å². The van der Waals surface area contributed by atoms with E-state index >= 15 is 0 Å². The van der Waals surface area contributed by atoms with Gasteiger partial charge in [-0.25, -0.2) is 9.97 Å². The van der Waals surface area contributed by atoms with Gasteiger partial charge in [0.15, 0.2) is 0 Å². The summed E-state index contributed by atoms with van der Waals surface area (Å²) in [5, 5.41) is 10.6. The third kappa shape index (κ3) is 2.10. The van der Waals surface area contributed by atoms with Gasteiger partial charge in [0.25, 0.3) is 0 Å². The number of nitrogens with zero attached hydrogens (tertiary/aromatic N) is 2. The molecule has 2 heterocycles. The molecule has 4 N–H and O–H groups in total. The number of quaternary nitrogens is 1. The topological polar surface area (TPSA) is 112 Å². The summed E-state index contributed by atoms with van der Waals surface area (Å²) in [4.78, 5) is 18.5. The first kappa shape index (κ1) is 12.3. The quantitative estimate of drug-likeness (QED) is 0.855. The fourth-order valence-electron chi connectivity index (χ4n) is 1.16. The number of carboxylic acids is 1. The van der Waals surface area contributed by atoms with Crippen LogP contribution in [-0.4, -0.2) is 22.5 Å². The van der Waals surface area contributed by atoms with E-state index in [4.69, 9.17) is 4.74 Å². The molecule has 0 aliphatic heterocycles. The molecule has 7 heteroatoms. The third-order valence-electron chi connectivity index (χ3n) is 1.73. The average Bonchev–Trinajstić information content (AvgIpc) is 2.63. The second kappa shape index (κ2) is 4.86. The van der Waals surface area contributed by atoms with Crippen LogP contribution in [0.1, 0.15) is 16.7 Å². The predicted octanol–water partition coefficient (Wildman–Crippen LogP) is 0.830. The highest BCUT2D eigenvalue weighted by atomic mass is 32.1. The van der Waals surface area contributed by atoms with Crippen molar-refractivity contribution in [1.82, 2.24) is 16.1 Å². The average molecular weight is 241 g/mol. The van der Waals surface area contributed by atoms with Crippen molar-refractivity contribution >= 4 is 27.5 Å². The fraction of sp³-hybridized carbons (Fsp3) is 0.222. The van der Waals surface area contributed by atoms with Gasteiger partial charge in [-0.2, -0.15) is 0 Å². The van der Waals surface area contributed by atoms with E-state index in [9.17, 15) is 9.90 Å². The van der Waals surface area contributed by atoms with Gasteiger partial charge in [0.2, 0.25) is 5.88 Å². The highest BCUT2D eigenvalue weighted by Gasteiger charge is 2.10. The summed E-state index contributed by atoms with van der Waals surface area (Å²) in [7, 11) is 0. The zero-order valence-corrected chi connectivity index (χ0v) is 9.71. The van der Waals surface area contributed by atoms with Gasteiger partial charge in [-0.1, -0.05) is 0 Å². The van der Waals surface area contributed by atoms with E-state index in [0.29, 0.717) is 22.7 Å². The summed E-state index contributed by atoms with van der Waals surface area (Å²) in [6.07, 6.45) is 1.53. The van der Waals surface area contributed by atoms with E-state index in [1.807, 2.05) is 6.92 Å². The number of pyridine rings is 1. The van der Waals surface area contributed by atoms with Crippen molar-refractivity contribution in [3.63, 3.8) is 0 Å². The lowest BCUT2D eigenvalue weighted by atomic mass is 10.4. The fourth-order valence-corrected chi connectivity index (χ4v) is 2.00. The highest BCUT2D eigenvalue weighted by molar-refractivity contribution is 7.20. The van der Waals surface area contributed by atoms with E-state index in [2.05, 4.69) is 9.97 Å². The van der Waals surface area contributed by atoms with Crippen LogP contribution in [0.3, 0.4) is 0 Å². The number of hydrogen-bond donors (Lipinski definition) is 1. The first-order valence-corrected chi connectivity index (χ1v) is 5.13. The van der Waals surface area contributed by atoms with Gasteiger partial charge in [0.1, 0.15) is 15.7 Å². The molecule has 0 fully saturated rings. The first-order chi connectivity index (χ1) is 7.22. The molecule has 0 unspecified atom stereocenters. The molecule has 2 rings (SSSR count). The number of fused-ring (bicyclic) bond motifs is 1. The standard InChI is InChI=1S/C9H8N2O3S.H3N/c1-2-14-7-6-5(3-4-10-7)11-8(15-6)9(12)13;/h3-4H,2H2,1H3,(H,12,13);1H3. The number of rotatable bonds is 3. The molecule has 0 amide bonds. The SMILES string of the molecule is CCOc1nccc2nc(C(=O)[O-])sc12.[NH4+]. The smallest absolute Gasteiger partial charge is 0.233 e. The summed E-state index contributed by atoms with van der Waals surface area (Å²) in [5.74, 6) is -0.862. The molecule has 2 aromatic heterocycles. The summed E-state index contributed by atoms with van der Waals surface area (Å²) in [5.41, 5.74) is 0.567. The van der Waals surface area contributed by atoms with Crippen molar-refractivity contribution < 1.29 is 14.6 Å². The number of aromatic nitrogens is 2. The number of aromatic carboxylic acids is 1. The zero-order valence-electron chi connectivity index (χ0n) is 8.89. The maximum absolute atomic E-state index is 10.6. The summed E-state index contributed by atoms with van der Waals surface area (Å²) >= 11 is 1.01. The Morgan fingerprint density at radius 1 is 1.62 bits per heavy atom. The van der Waals surface area contributed by atoms with Gasteiger partial charge in [-0.15, -0.1) is 11.3 Å². The van der Waals surface area contributed by atoms with E-state index < -0.39 is 5.97 Å². The van der Waals surface area contributed by atoms with Crippen molar-refractivity contribution in [3.8, 4) is 5.88 Å². The van der Waals surface area contributed by atoms with Crippen LogP contribution in [-0.2, 0) is 0 Å². The molecule has 2 aromatic rings. The number of thiazole rings is 1. The molecule has 86 valence electrons. The van der Waals surface area contributed by atoms with Crippen LogP contribution in [0.2, 0.25) is 0 Å². The molecular weight excluding hydrogens is 230 g/mol. The van der Waals surface area contributed by atoms with Crippen molar-refractivity contribution in [1.29, 1.82) is 0 Å². The third-order valence-corrected chi connectivity index (χ3v) is 2.77. The normalized spacial score (nSPS) is 9.81. The van der Waals surface area contributed by atoms with Gasteiger partial charge in [-0.3, -0.25) is 0 Å². The lowest BCUT2D eigenvalue weighted by Crippen LogP contribution is -2.21. The Labute approximate surface area is 95.5 Å². The van der Waals surface area contributed by atoms with Crippen LogP contribution in [0.15, 0.2) is 12.3 Å². The van der Waals surface area contributed by atoms with Crippen molar-refractivity contribution in [2.24, 2.45) is 0 Å². The molecule has 0 atom stereocenters. The van der Waals surface area contributed by atoms with Gasteiger partial charge in [0.05, 0.1) is 12.1 Å². The predicted molar refractivity (Wildman–Crippen MR) is 58.9 cm³/mol. The molecule has 0 saturated heterocycles. The largest absolute Gasteiger partial charge is 0.542 e. The maximum Gasteiger partial charge on any atom is 0.233 e. The van der Waals surface area contributed by atoms with Crippen LogP contribution in [0.5, 0.6) is 5.88 Å². The Morgan fingerprint density at radius 2 is 2.38 bits per heavy atom. The molecule has 0 aliphatic rings. The Balaban J connectivity index is 0.00000128. The number of ether oxygens (including phenoxy) is 1. The van der Waals surface area contributed by atoms with E-state index in [1.54, 1.807) is 6.07 Å². The number of carboxylic acid groups (broad SMARTS) is 1. The van der Waals surface area contributed by atoms with Crippen LogP contribution in [0.25, 0.3) is 10.2 Å². The van der Waals surface area contributed by atoms with Crippen molar-refractivity contribution in [3.05, 3.63) is 17.3 Å². The summed E-state index contributed by atoms with van der Waals surface area (Å²) in [6, 6.07) is 1.64. The van der Waals surface area contributed by atoms with Crippen LogP contribution in [0.4, 0.5) is 0 Å². The van der Waals surface area contributed by atoms with E-state index in [1.165, 1.54) is 6.20 Å². The van der Waals surface area contributed by atoms with Gasteiger partial charge < -0.3 is 20.8 Å². The van der Waals surface area contributed by atoms with Crippen LogP contribution >= 0.6 is 11.3 Å². The molecule has 0 spiro atoms. The number of carbonyl (C=O) groups excluding carboxylic acids is 1. The molecule has 0 aliphatic carbocycles. The Hall–Kier alpha value is -1.73. The minimum atomic E-state index is -1.28. The molecule has 0 saturated carbocycles. The van der Waals surface area contributed by atoms with E-state index in [-0.39, 0.29) is 11.2 Å². The molecule has 16 heavy (non-hydrogen) atoms. The molecule has 0 bridgehead atoms. The minimum Gasteiger partial charge on any atom is -0.542 e. The Bertz CT molecular complexity index is 512. The lowest BCUT2D eigenvalue weighted by Gasteiger charge is -2.00. The number of hydrogen-bond acceptors (Lipinski definition) is 6. The highest BCUT2D eigenvalue weighted by Crippen LogP contribution is 2.28. The first-order valence-electron chi connectivity index (χ1n) is 4.32. The Kier molecular flexibility index (Phi) is 3.75. The number of carbonyl (C=O) groups is 1. The van der Waals surface area contributed by atoms with Crippen molar-refractivity contribution in [2.75, 3.05) is 6.61 Å². The van der Waals surface area contributed by atoms with Crippen molar-refractivity contribution in [2.45, 2.75) is 6.92 Å². The second-order valence-corrected chi connectivity index (χ2v) is 3.70. The molecule has 0 radical (unpaired) electrons. The second-order valence-electron chi connectivity index (χ2n) is 2.70. The molecule has 0 aromatic carbocycles. The van der Waals surface area contributed by atoms with Gasteiger partial charge in [-0.05, 0) is 13.0 Å². The van der Waals surface area contributed by atoms with E-state index in [0.717, 1.165) is 11.3 Å². The molecular formula is C9H11N3O3S. The zero-order chi connectivity index (χ0) is 10.8. The van der Waals surface area contributed by atoms with Crippen LogP contribution < -0.4 is 16.0 Å². The summed E-state index contributed by atoms with van der Waals surface area (Å²) < 4.78 is 5.90. The lowest BCUT2D eigenvalue weighted by molar-refractivity contribution is -0.255. The Morgan fingerprint density at radius 3 is 3.00 bits per heavy atom. The van der Waals surface area contributed by atoms with Gasteiger partial charge >= 0.3 is 0 Å². The maximum atomic E-state index is 10.6. The monoisotopic (exact) mass is 241 g/mol.